The summed E-state index contributed by atoms with van der Waals surface area (Å²) in [5.41, 5.74) is 1.25. The van der Waals surface area contributed by atoms with Crippen LogP contribution in [0.4, 0.5) is 0 Å². The summed E-state index contributed by atoms with van der Waals surface area (Å²) in [4.78, 5) is 44.3. The number of carbonyl (C=O) groups excluding carboxylic acids is 3. The van der Waals surface area contributed by atoms with Crippen LogP contribution in [0.25, 0.3) is 10.8 Å². The van der Waals surface area contributed by atoms with Crippen molar-refractivity contribution < 1.29 is 14.4 Å². The molecule has 0 radical (unpaired) electrons. The molecule has 1 saturated heterocycles. The molecule has 0 unspecified atom stereocenters. The molecule has 1 spiro atoms. The number of hydrogen-bond acceptors (Lipinski definition) is 4. The van der Waals surface area contributed by atoms with Gasteiger partial charge in [0.2, 0.25) is 11.8 Å². The van der Waals surface area contributed by atoms with Gasteiger partial charge in [0.15, 0.2) is 0 Å². The topological polar surface area (TPSA) is 93.5 Å². The van der Waals surface area contributed by atoms with Crippen LogP contribution in [0.15, 0.2) is 65.9 Å². The predicted molar refractivity (Wildman–Crippen MR) is 148 cm³/mol. The van der Waals surface area contributed by atoms with Gasteiger partial charge in [-0.25, -0.2) is 0 Å². The molecule has 7 heteroatoms. The maximum Gasteiger partial charge on any atom is 0.254 e. The van der Waals surface area contributed by atoms with Crippen LogP contribution in [-0.4, -0.2) is 53.2 Å². The molecule has 198 valence electrons. The lowest BCUT2D eigenvalue weighted by molar-refractivity contribution is -0.137. The Hall–Kier alpha value is -3.92. The highest BCUT2D eigenvalue weighted by Crippen LogP contribution is 2.47. The fraction of sp³-hybridized carbons (Fsp3) is 0.419. The van der Waals surface area contributed by atoms with E-state index < -0.39 is 17.5 Å². The number of nitrogens with one attached hydrogen (secondary N) is 1. The normalized spacial score (nSPS) is 22.0. The van der Waals surface area contributed by atoms with Crippen molar-refractivity contribution >= 4 is 28.5 Å². The molecule has 0 aromatic heterocycles. The van der Waals surface area contributed by atoms with Gasteiger partial charge in [0.1, 0.15) is 12.1 Å². The molecule has 4 rings (SSSR count). The summed E-state index contributed by atoms with van der Waals surface area (Å²) >= 11 is 0. The van der Waals surface area contributed by atoms with Crippen LogP contribution in [0.5, 0.6) is 0 Å². The number of rotatable bonds is 7. The SMILES string of the molecule is C/C=C\C1=C(CC)NC(=O)[C@]12C[C@@H](C#N)N(C(=O)[C@H](CC(C)C)N(C)C(=O)c1cccc3ccccc13)C2. The highest BCUT2D eigenvalue weighted by molar-refractivity contribution is 6.08. The highest BCUT2D eigenvalue weighted by Gasteiger charge is 2.57. The molecule has 2 aliphatic rings. The summed E-state index contributed by atoms with van der Waals surface area (Å²) in [7, 11) is 1.66. The number of allylic oxidation sites excluding steroid dienone is 3. The summed E-state index contributed by atoms with van der Waals surface area (Å²) in [5.74, 6) is -0.581. The van der Waals surface area contributed by atoms with Gasteiger partial charge in [-0.15, -0.1) is 0 Å². The van der Waals surface area contributed by atoms with Crippen LogP contribution in [0.2, 0.25) is 0 Å². The van der Waals surface area contributed by atoms with Crippen molar-refractivity contribution in [2.45, 2.75) is 59.0 Å². The number of nitriles is 1. The first-order valence-electron chi connectivity index (χ1n) is 13.3. The molecule has 3 amide bonds. The third-order valence-electron chi connectivity index (χ3n) is 7.80. The van der Waals surface area contributed by atoms with Crippen LogP contribution < -0.4 is 5.32 Å². The summed E-state index contributed by atoms with van der Waals surface area (Å²) in [5, 5.41) is 14.8. The first-order valence-corrected chi connectivity index (χ1v) is 13.3. The van der Waals surface area contributed by atoms with Gasteiger partial charge >= 0.3 is 0 Å². The molecule has 0 bridgehead atoms. The number of amides is 3. The highest BCUT2D eigenvalue weighted by atomic mass is 16.2. The zero-order chi connectivity index (χ0) is 27.6. The second-order valence-corrected chi connectivity index (χ2v) is 10.7. The average Bonchev–Trinajstić information content (AvgIpc) is 3.44. The molecule has 2 aromatic rings. The minimum absolute atomic E-state index is 0.115. The van der Waals surface area contributed by atoms with Crippen molar-refractivity contribution in [2.24, 2.45) is 11.3 Å². The zero-order valence-electron chi connectivity index (χ0n) is 22.8. The van der Waals surface area contributed by atoms with Crippen LogP contribution in [-0.2, 0) is 9.59 Å². The van der Waals surface area contributed by atoms with E-state index in [2.05, 4.69) is 11.4 Å². The van der Waals surface area contributed by atoms with E-state index in [1.54, 1.807) is 13.1 Å². The van der Waals surface area contributed by atoms with E-state index in [9.17, 15) is 19.6 Å². The molecule has 0 saturated carbocycles. The van der Waals surface area contributed by atoms with Crippen molar-refractivity contribution in [1.29, 1.82) is 5.26 Å². The molecular weight excluding hydrogens is 476 g/mol. The average molecular weight is 513 g/mol. The van der Waals surface area contributed by atoms with Gasteiger partial charge in [-0.05, 0) is 48.1 Å². The summed E-state index contributed by atoms with van der Waals surface area (Å²) in [6, 6.07) is 14.0. The number of nitrogens with zero attached hydrogens (tertiary/aromatic N) is 3. The minimum Gasteiger partial charge on any atom is -0.330 e. The third kappa shape index (κ3) is 4.60. The number of carbonyl (C=O) groups is 3. The molecular formula is C31H36N4O3. The lowest BCUT2D eigenvalue weighted by atomic mass is 9.78. The van der Waals surface area contributed by atoms with Gasteiger partial charge in [0.25, 0.3) is 5.91 Å². The first kappa shape index (κ1) is 27.1. The lowest BCUT2D eigenvalue weighted by Crippen LogP contribution is -2.51. The standard InChI is InChI=1S/C31H36N4O3/c1-6-11-25-26(7-2)33-30(38)31(25)17-22(18-32)35(19-31)29(37)27(16-20(3)4)34(5)28(36)24-15-10-13-21-12-8-9-14-23(21)24/h6,8-15,20,22,27H,7,16-17,19H2,1-5H3,(H,33,38)/b11-6-/t22-,27-,31-/m0/s1. The molecule has 7 nitrogen and oxygen atoms in total. The predicted octanol–water partition coefficient (Wildman–Crippen LogP) is 4.81. The zero-order valence-corrected chi connectivity index (χ0v) is 22.8. The fourth-order valence-electron chi connectivity index (χ4n) is 5.86. The Balaban J connectivity index is 1.70. The van der Waals surface area contributed by atoms with E-state index in [0.717, 1.165) is 22.0 Å². The Morgan fingerprint density at radius 2 is 1.95 bits per heavy atom. The van der Waals surface area contributed by atoms with Crippen molar-refractivity contribution in [3.05, 3.63) is 71.5 Å². The van der Waals surface area contributed by atoms with Gasteiger partial charge in [-0.3, -0.25) is 14.4 Å². The Morgan fingerprint density at radius 3 is 2.61 bits per heavy atom. The van der Waals surface area contributed by atoms with Gasteiger partial charge in [0, 0.05) is 31.3 Å². The number of likely N-dealkylation sites (N-methyl/N-ethyl adjacent to an activating group) is 1. The summed E-state index contributed by atoms with van der Waals surface area (Å²) < 4.78 is 0. The van der Waals surface area contributed by atoms with E-state index in [0.29, 0.717) is 18.4 Å². The van der Waals surface area contributed by atoms with E-state index in [1.807, 2.05) is 76.2 Å². The van der Waals surface area contributed by atoms with Gasteiger partial charge in [0.05, 0.1) is 11.5 Å². The van der Waals surface area contributed by atoms with Gasteiger partial charge < -0.3 is 15.1 Å². The monoisotopic (exact) mass is 512 g/mol. The molecule has 38 heavy (non-hydrogen) atoms. The molecule has 2 heterocycles. The minimum atomic E-state index is -0.964. The van der Waals surface area contributed by atoms with Gasteiger partial charge in [-0.2, -0.15) is 5.26 Å². The molecule has 3 atom stereocenters. The Labute approximate surface area is 224 Å². The van der Waals surface area contributed by atoms with Crippen molar-refractivity contribution in [3.63, 3.8) is 0 Å². The molecule has 2 aromatic carbocycles. The van der Waals surface area contributed by atoms with Crippen LogP contribution >= 0.6 is 0 Å². The van der Waals surface area contributed by atoms with Crippen molar-refractivity contribution in [1.82, 2.24) is 15.1 Å². The van der Waals surface area contributed by atoms with Gasteiger partial charge in [-0.1, -0.05) is 69.3 Å². The Morgan fingerprint density at radius 1 is 1.24 bits per heavy atom. The first-order chi connectivity index (χ1) is 18.2. The molecule has 1 fully saturated rings. The summed E-state index contributed by atoms with van der Waals surface area (Å²) in [6.45, 7) is 8.00. The van der Waals surface area contributed by atoms with E-state index in [4.69, 9.17) is 0 Å². The number of fused-ring (bicyclic) bond motifs is 1. The second kappa shape index (κ2) is 10.8. The second-order valence-electron chi connectivity index (χ2n) is 10.7. The molecule has 0 aliphatic carbocycles. The third-order valence-corrected chi connectivity index (χ3v) is 7.80. The van der Waals surface area contributed by atoms with Crippen LogP contribution in [0.3, 0.4) is 0 Å². The maximum atomic E-state index is 14.2. The van der Waals surface area contributed by atoms with E-state index >= 15 is 0 Å². The smallest absolute Gasteiger partial charge is 0.254 e. The van der Waals surface area contributed by atoms with Crippen molar-refractivity contribution in [3.8, 4) is 6.07 Å². The summed E-state index contributed by atoms with van der Waals surface area (Å²) in [6.07, 6.45) is 5.13. The van der Waals surface area contributed by atoms with Crippen molar-refractivity contribution in [2.75, 3.05) is 13.6 Å². The largest absolute Gasteiger partial charge is 0.330 e. The fourth-order valence-corrected chi connectivity index (χ4v) is 5.86. The van der Waals surface area contributed by atoms with E-state index in [-0.39, 0.29) is 36.6 Å². The molecule has 1 N–H and O–H groups in total. The lowest BCUT2D eigenvalue weighted by Gasteiger charge is -2.33. The Kier molecular flexibility index (Phi) is 7.73. The van der Waals surface area contributed by atoms with Crippen LogP contribution in [0.1, 0.15) is 57.3 Å². The Bertz CT molecular complexity index is 1360. The number of hydrogen-bond donors (Lipinski definition) is 1. The maximum absolute atomic E-state index is 14.2. The van der Waals surface area contributed by atoms with E-state index in [1.165, 1.54) is 9.80 Å². The number of benzene rings is 2. The molecule has 2 aliphatic heterocycles. The quantitative estimate of drug-likeness (QED) is 0.576. The number of likely N-dealkylation sites (tertiary alicyclic amines) is 1. The van der Waals surface area contributed by atoms with Crippen LogP contribution in [0, 0.1) is 22.7 Å².